The van der Waals surface area contributed by atoms with E-state index in [0.29, 0.717) is 23.0 Å². The average Bonchev–Trinajstić information content (AvgIpc) is 2.51. The summed E-state index contributed by atoms with van der Waals surface area (Å²) in [5.74, 6) is 0.351. The fourth-order valence-electron chi connectivity index (χ4n) is 1.90. The van der Waals surface area contributed by atoms with Gasteiger partial charge >= 0.3 is 12.1 Å². The van der Waals surface area contributed by atoms with Crippen molar-refractivity contribution in [2.75, 3.05) is 12.4 Å². The Balaban J connectivity index is 1.95. The lowest BCUT2D eigenvalue weighted by Crippen LogP contribution is -2.30. The number of hydrogen-bond acceptors (Lipinski definition) is 3. The van der Waals surface area contributed by atoms with Crippen molar-refractivity contribution in [2.24, 2.45) is 5.73 Å². The molecule has 6 nitrogen and oxygen atoms in total. The number of benzene rings is 2. The van der Waals surface area contributed by atoms with E-state index in [4.69, 9.17) is 22.1 Å². The van der Waals surface area contributed by atoms with Crippen LogP contribution in [-0.4, -0.2) is 24.1 Å². The lowest BCUT2D eigenvalue weighted by atomic mass is 10.2. The van der Waals surface area contributed by atoms with E-state index in [2.05, 4.69) is 5.32 Å². The van der Waals surface area contributed by atoms with Crippen LogP contribution in [0.2, 0.25) is 5.02 Å². The van der Waals surface area contributed by atoms with E-state index < -0.39 is 6.09 Å². The number of ether oxygens (including phenoxy) is 1. The van der Waals surface area contributed by atoms with E-state index in [-0.39, 0.29) is 6.03 Å². The number of nitrogens with zero attached hydrogens (tertiary/aromatic N) is 1. The Morgan fingerprint density at radius 3 is 2.43 bits per heavy atom. The minimum absolute atomic E-state index is 0.282. The minimum Gasteiger partial charge on any atom is -0.411 e. The maximum absolute atomic E-state index is 12.2. The van der Waals surface area contributed by atoms with Crippen LogP contribution >= 0.6 is 11.6 Å². The third-order valence-electron chi connectivity index (χ3n) is 3.02. The van der Waals surface area contributed by atoms with Gasteiger partial charge in [-0.05, 0) is 29.8 Å². The predicted molar refractivity (Wildman–Crippen MR) is 88.6 cm³/mol. The first-order chi connectivity index (χ1) is 11.0. The first kappa shape index (κ1) is 16.6. The first-order valence-corrected chi connectivity index (χ1v) is 7.16. The Labute approximate surface area is 138 Å². The summed E-state index contributed by atoms with van der Waals surface area (Å²) in [5, 5.41) is 3.21. The van der Waals surface area contributed by atoms with Gasteiger partial charge in [0.25, 0.3) is 0 Å². The van der Waals surface area contributed by atoms with E-state index >= 15 is 0 Å². The molecule has 2 aromatic rings. The van der Waals surface area contributed by atoms with Crippen LogP contribution in [0.4, 0.5) is 15.3 Å². The van der Waals surface area contributed by atoms with Gasteiger partial charge in [-0.1, -0.05) is 35.9 Å². The number of amides is 3. The fourth-order valence-corrected chi connectivity index (χ4v) is 2.08. The van der Waals surface area contributed by atoms with Crippen LogP contribution in [0.15, 0.2) is 48.5 Å². The number of anilines is 1. The Hall–Kier alpha value is -2.73. The molecule has 0 aromatic heterocycles. The van der Waals surface area contributed by atoms with Crippen molar-refractivity contribution in [3.63, 3.8) is 0 Å². The molecule has 23 heavy (non-hydrogen) atoms. The number of nitrogens with two attached hydrogens (primary N) is 1. The number of carbonyl (C=O) groups is 2. The van der Waals surface area contributed by atoms with Crippen molar-refractivity contribution in [1.82, 2.24) is 4.90 Å². The third kappa shape index (κ3) is 4.89. The summed E-state index contributed by atoms with van der Waals surface area (Å²) < 4.78 is 4.75. The van der Waals surface area contributed by atoms with Crippen LogP contribution < -0.4 is 15.8 Å². The summed E-state index contributed by atoms with van der Waals surface area (Å²) in [5.41, 5.74) is 6.36. The third-order valence-corrected chi connectivity index (χ3v) is 3.35. The van der Waals surface area contributed by atoms with Crippen molar-refractivity contribution < 1.29 is 14.3 Å². The maximum Gasteiger partial charge on any atom is 0.409 e. The van der Waals surface area contributed by atoms with Crippen LogP contribution in [0, 0.1) is 0 Å². The molecule has 0 unspecified atom stereocenters. The number of carbonyl (C=O) groups excluding carboxylic acids is 2. The standard InChI is InChI=1S/C16H16ClN3O3/c1-20(16(22)19-14-5-3-2-4-13(14)17)10-11-6-8-12(9-7-11)23-15(18)21/h2-9H,10H2,1H3,(H2,18,21)(H,19,22). The second kappa shape index (κ2) is 7.51. The molecule has 3 N–H and O–H groups in total. The second-order valence-electron chi connectivity index (χ2n) is 4.83. The SMILES string of the molecule is CN(Cc1ccc(OC(N)=O)cc1)C(=O)Nc1ccccc1Cl. The van der Waals surface area contributed by atoms with E-state index in [1.165, 1.54) is 4.90 Å². The number of primary amides is 1. The van der Waals surface area contributed by atoms with E-state index in [9.17, 15) is 9.59 Å². The highest BCUT2D eigenvalue weighted by Gasteiger charge is 2.11. The molecule has 2 rings (SSSR count). The van der Waals surface area contributed by atoms with Gasteiger partial charge in [0.05, 0.1) is 10.7 Å². The lowest BCUT2D eigenvalue weighted by molar-refractivity contribution is 0.211. The molecule has 0 heterocycles. The molecule has 0 spiro atoms. The summed E-state index contributed by atoms with van der Waals surface area (Å²) in [6, 6.07) is 13.4. The molecule has 0 bridgehead atoms. The van der Waals surface area contributed by atoms with Crippen LogP contribution in [0.3, 0.4) is 0 Å². The number of hydrogen-bond donors (Lipinski definition) is 2. The van der Waals surface area contributed by atoms with Crippen molar-refractivity contribution >= 4 is 29.4 Å². The number of para-hydroxylation sites is 1. The Kier molecular flexibility index (Phi) is 5.43. The number of nitrogens with one attached hydrogen (secondary N) is 1. The molecule has 0 saturated heterocycles. The molecule has 7 heteroatoms. The molecule has 2 aromatic carbocycles. The van der Waals surface area contributed by atoms with Gasteiger partial charge in [-0.15, -0.1) is 0 Å². The Bertz CT molecular complexity index is 704. The molecule has 0 radical (unpaired) electrons. The molecule has 0 aliphatic carbocycles. The highest BCUT2D eigenvalue weighted by molar-refractivity contribution is 6.33. The summed E-state index contributed by atoms with van der Waals surface area (Å²) >= 11 is 6.01. The van der Waals surface area contributed by atoms with Gasteiger partial charge in [0.1, 0.15) is 5.75 Å². The Morgan fingerprint density at radius 1 is 1.17 bits per heavy atom. The van der Waals surface area contributed by atoms with Crippen molar-refractivity contribution in [1.29, 1.82) is 0 Å². The van der Waals surface area contributed by atoms with Gasteiger partial charge in [-0.3, -0.25) is 0 Å². The van der Waals surface area contributed by atoms with Gasteiger partial charge < -0.3 is 20.7 Å². The molecule has 120 valence electrons. The summed E-state index contributed by atoms with van der Waals surface area (Å²) in [6.07, 6.45) is -0.867. The van der Waals surface area contributed by atoms with Crippen molar-refractivity contribution in [2.45, 2.75) is 6.54 Å². The van der Waals surface area contributed by atoms with Crippen LogP contribution in [-0.2, 0) is 6.54 Å². The summed E-state index contributed by atoms with van der Waals surface area (Å²) in [6.45, 7) is 0.382. The monoisotopic (exact) mass is 333 g/mol. The van der Waals surface area contributed by atoms with Gasteiger partial charge in [-0.25, -0.2) is 9.59 Å². The second-order valence-corrected chi connectivity index (χ2v) is 5.24. The van der Waals surface area contributed by atoms with E-state index in [1.54, 1.807) is 55.6 Å². The van der Waals surface area contributed by atoms with E-state index in [1.807, 2.05) is 0 Å². The number of rotatable bonds is 4. The molecule has 0 saturated carbocycles. The molecule has 0 fully saturated rings. The van der Waals surface area contributed by atoms with Gasteiger partial charge in [0.15, 0.2) is 0 Å². The van der Waals surface area contributed by atoms with Crippen LogP contribution in [0.5, 0.6) is 5.75 Å². The predicted octanol–water partition coefficient (Wildman–Crippen LogP) is 3.46. The zero-order valence-electron chi connectivity index (χ0n) is 12.5. The van der Waals surface area contributed by atoms with E-state index in [0.717, 1.165) is 5.56 Å². The molecular weight excluding hydrogens is 318 g/mol. The quantitative estimate of drug-likeness (QED) is 0.898. The smallest absolute Gasteiger partial charge is 0.409 e. The molecule has 0 aliphatic heterocycles. The Morgan fingerprint density at radius 2 is 1.83 bits per heavy atom. The minimum atomic E-state index is -0.867. The molecular formula is C16H16ClN3O3. The summed E-state index contributed by atoms with van der Waals surface area (Å²) in [4.78, 5) is 24.3. The van der Waals surface area contributed by atoms with Gasteiger partial charge in [0, 0.05) is 13.6 Å². The highest BCUT2D eigenvalue weighted by Crippen LogP contribution is 2.21. The zero-order valence-corrected chi connectivity index (χ0v) is 13.2. The fraction of sp³-hybridized carbons (Fsp3) is 0.125. The van der Waals surface area contributed by atoms with Crippen molar-refractivity contribution in [3.8, 4) is 5.75 Å². The largest absolute Gasteiger partial charge is 0.411 e. The van der Waals surface area contributed by atoms with Gasteiger partial charge in [0.2, 0.25) is 0 Å². The van der Waals surface area contributed by atoms with Crippen LogP contribution in [0.1, 0.15) is 5.56 Å². The topological polar surface area (TPSA) is 84.7 Å². The van der Waals surface area contributed by atoms with Crippen molar-refractivity contribution in [3.05, 3.63) is 59.1 Å². The normalized spacial score (nSPS) is 10.0. The molecule has 0 aliphatic rings. The van der Waals surface area contributed by atoms with Gasteiger partial charge in [-0.2, -0.15) is 0 Å². The average molecular weight is 334 g/mol. The van der Waals surface area contributed by atoms with Crippen LogP contribution in [0.25, 0.3) is 0 Å². The zero-order chi connectivity index (χ0) is 16.8. The lowest BCUT2D eigenvalue weighted by Gasteiger charge is -2.18. The molecule has 0 atom stereocenters. The number of halogens is 1. The molecule has 3 amide bonds. The summed E-state index contributed by atoms with van der Waals surface area (Å²) in [7, 11) is 1.67. The highest BCUT2D eigenvalue weighted by atomic mass is 35.5. The maximum atomic E-state index is 12.2. The number of urea groups is 1. The first-order valence-electron chi connectivity index (χ1n) is 6.78.